The summed E-state index contributed by atoms with van der Waals surface area (Å²) in [7, 11) is 0. The van der Waals surface area contributed by atoms with Crippen molar-refractivity contribution in [2.45, 2.75) is 32.2 Å². The number of amides is 1. The molecule has 92 valence electrons. The van der Waals surface area contributed by atoms with Crippen molar-refractivity contribution in [3.63, 3.8) is 0 Å². The minimum Gasteiger partial charge on any atom is -0.336 e. The lowest BCUT2D eigenvalue weighted by atomic mass is 10.2. The average molecular weight is 317 g/mol. The molecule has 1 saturated carbocycles. The Balaban J connectivity index is 2.21. The maximum Gasteiger partial charge on any atom is 0.254 e. The van der Waals surface area contributed by atoms with Gasteiger partial charge in [0.2, 0.25) is 0 Å². The normalized spacial score (nSPS) is 14.8. The third kappa shape index (κ3) is 3.23. The highest BCUT2D eigenvalue weighted by molar-refractivity contribution is 9.10. The summed E-state index contributed by atoms with van der Waals surface area (Å²) in [5.74, 6) is 0.0950. The molecule has 0 atom stereocenters. The van der Waals surface area contributed by atoms with Gasteiger partial charge in [0.1, 0.15) is 0 Å². The van der Waals surface area contributed by atoms with Gasteiger partial charge in [-0.25, -0.2) is 0 Å². The minimum atomic E-state index is 0.0950. The molecule has 1 amide bonds. The number of benzene rings is 1. The Morgan fingerprint density at radius 3 is 2.71 bits per heavy atom. The molecule has 2 rings (SSSR count). The van der Waals surface area contributed by atoms with Crippen LogP contribution in [0.2, 0.25) is 5.02 Å². The third-order valence-electron chi connectivity index (χ3n) is 2.82. The highest BCUT2D eigenvalue weighted by Crippen LogP contribution is 2.29. The Morgan fingerprint density at radius 1 is 1.47 bits per heavy atom. The summed E-state index contributed by atoms with van der Waals surface area (Å²) < 4.78 is 0.848. The zero-order valence-corrected chi connectivity index (χ0v) is 12.1. The molecule has 0 unspecified atom stereocenters. The number of nitrogens with zero attached hydrogens (tertiary/aromatic N) is 1. The van der Waals surface area contributed by atoms with Crippen molar-refractivity contribution in [3.05, 3.63) is 33.3 Å². The van der Waals surface area contributed by atoms with Crippen molar-refractivity contribution < 1.29 is 4.79 Å². The first-order valence-electron chi connectivity index (χ1n) is 5.89. The van der Waals surface area contributed by atoms with Crippen LogP contribution in [0, 0.1) is 0 Å². The van der Waals surface area contributed by atoms with Crippen LogP contribution in [0.25, 0.3) is 0 Å². The molecule has 2 nitrogen and oxygen atoms in total. The molecule has 4 heteroatoms. The number of carbonyl (C=O) groups excluding carboxylic acids is 1. The van der Waals surface area contributed by atoms with E-state index in [9.17, 15) is 4.79 Å². The number of hydrogen-bond donors (Lipinski definition) is 0. The average Bonchev–Trinajstić information content (AvgIpc) is 3.07. The molecule has 0 bridgehead atoms. The van der Waals surface area contributed by atoms with Gasteiger partial charge in [0, 0.05) is 27.6 Å². The van der Waals surface area contributed by atoms with Gasteiger partial charge in [0.15, 0.2) is 0 Å². The molecule has 0 N–H and O–H groups in total. The first-order chi connectivity index (χ1) is 8.11. The summed E-state index contributed by atoms with van der Waals surface area (Å²) in [6.45, 7) is 2.92. The highest BCUT2D eigenvalue weighted by Gasteiger charge is 2.32. The Kier molecular flexibility index (Phi) is 4.10. The van der Waals surface area contributed by atoms with Gasteiger partial charge in [-0.15, -0.1) is 0 Å². The van der Waals surface area contributed by atoms with Gasteiger partial charge in [0.25, 0.3) is 5.91 Å². The van der Waals surface area contributed by atoms with Gasteiger partial charge in [-0.1, -0.05) is 34.5 Å². The zero-order valence-electron chi connectivity index (χ0n) is 9.75. The van der Waals surface area contributed by atoms with Crippen LogP contribution in [0.3, 0.4) is 0 Å². The maximum absolute atomic E-state index is 12.4. The smallest absolute Gasteiger partial charge is 0.254 e. The first kappa shape index (κ1) is 12.9. The van der Waals surface area contributed by atoms with Gasteiger partial charge >= 0.3 is 0 Å². The number of halogens is 2. The molecule has 0 heterocycles. The fourth-order valence-corrected chi connectivity index (χ4v) is 2.78. The van der Waals surface area contributed by atoms with Crippen molar-refractivity contribution in [1.82, 2.24) is 4.90 Å². The standard InChI is InChI=1S/C13H15BrClNO/c1-2-5-16(12-3-4-12)13(17)9-6-10(14)8-11(15)7-9/h6-8,12H,2-5H2,1H3. The monoisotopic (exact) mass is 315 g/mol. The van der Waals surface area contributed by atoms with Gasteiger partial charge in [-0.3, -0.25) is 4.79 Å². The predicted octanol–water partition coefficient (Wildman–Crippen LogP) is 4.12. The van der Waals surface area contributed by atoms with Crippen molar-refractivity contribution in [1.29, 1.82) is 0 Å². The SMILES string of the molecule is CCCN(C(=O)c1cc(Cl)cc(Br)c1)C1CC1. The van der Waals surface area contributed by atoms with Gasteiger partial charge in [-0.05, 0) is 37.5 Å². The molecule has 0 spiro atoms. The molecule has 1 aromatic carbocycles. The fourth-order valence-electron chi connectivity index (χ4n) is 1.92. The van der Waals surface area contributed by atoms with E-state index in [-0.39, 0.29) is 5.91 Å². The van der Waals surface area contributed by atoms with Crippen LogP contribution in [-0.2, 0) is 0 Å². The molecule has 1 aliphatic rings. The van der Waals surface area contributed by atoms with Crippen LogP contribution in [-0.4, -0.2) is 23.4 Å². The molecular weight excluding hydrogens is 302 g/mol. The van der Waals surface area contributed by atoms with E-state index in [2.05, 4.69) is 22.9 Å². The molecule has 1 fully saturated rings. The number of hydrogen-bond acceptors (Lipinski definition) is 1. The van der Waals surface area contributed by atoms with Crippen LogP contribution in [0.4, 0.5) is 0 Å². The Bertz CT molecular complexity index is 411. The van der Waals surface area contributed by atoms with Gasteiger partial charge in [-0.2, -0.15) is 0 Å². The second-order valence-electron chi connectivity index (χ2n) is 4.39. The van der Waals surface area contributed by atoms with E-state index in [1.54, 1.807) is 12.1 Å². The van der Waals surface area contributed by atoms with Crippen LogP contribution >= 0.6 is 27.5 Å². The van der Waals surface area contributed by atoms with Crippen molar-refractivity contribution in [2.24, 2.45) is 0 Å². The van der Waals surface area contributed by atoms with E-state index in [0.717, 1.165) is 30.3 Å². The van der Waals surface area contributed by atoms with E-state index in [0.29, 0.717) is 16.6 Å². The molecule has 0 aliphatic heterocycles. The molecule has 17 heavy (non-hydrogen) atoms. The summed E-state index contributed by atoms with van der Waals surface area (Å²) in [6.07, 6.45) is 3.25. The Morgan fingerprint density at radius 2 is 2.18 bits per heavy atom. The molecule has 0 aromatic heterocycles. The molecule has 0 saturated heterocycles. The summed E-state index contributed by atoms with van der Waals surface area (Å²) in [6, 6.07) is 5.80. The molecule has 0 radical (unpaired) electrons. The van der Waals surface area contributed by atoms with Crippen LogP contribution in [0.1, 0.15) is 36.5 Å². The first-order valence-corrected chi connectivity index (χ1v) is 7.06. The van der Waals surface area contributed by atoms with E-state index in [1.807, 2.05) is 11.0 Å². The van der Waals surface area contributed by atoms with Crippen LogP contribution in [0.15, 0.2) is 22.7 Å². The van der Waals surface area contributed by atoms with Gasteiger partial charge < -0.3 is 4.90 Å². The summed E-state index contributed by atoms with van der Waals surface area (Å²) in [5, 5.41) is 0.593. The topological polar surface area (TPSA) is 20.3 Å². The molecule has 1 aliphatic carbocycles. The van der Waals surface area contributed by atoms with Crippen LogP contribution in [0.5, 0.6) is 0 Å². The lowest BCUT2D eigenvalue weighted by Gasteiger charge is -2.22. The van der Waals surface area contributed by atoms with Gasteiger partial charge in [0.05, 0.1) is 0 Å². The number of rotatable bonds is 4. The van der Waals surface area contributed by atoms with E-state index in [4.69, 9.17) is 11.6 Å². The van der Waals surface area contributed by atoms with Crippen LogP contribution < -0.4 is 0 Å². The second kappa shape index (κ2) is 5.40. The lowest BCUT2D eigenvalue weighted by molar-refractivity contribution is 0.0743. The van der Waals surface area contributed by atoms with Crippen molar-refractivity contribution >= 4 is 33.4 Å². The second-order valence-corrected chi connectivity index (χ2v) is 5.74. The summed E-state index contributed by atoms with van der Waals surface area (Å²) in [4.78, 5) is 14.3. The van der Waals surface area contributed by atoms with Crippen molar-refractivity contribution in [3.8, 4) is 0 Å². The molecule has 1 aromatic rings. The number of carbonyl (C=O) groups is 1. The van der Waals surface area contributed by atoms with Crippen molar-refractivity contribution in [2.75, 3.05) is 6.54 Å². The summed E-state index contributed by atoms with van der Waals surface area (Å²) in [5.41, 5.74) is 0.671. The quantitative estimate of drug-likeness (QED) is 0.818. The Hall–Kier alpha value is -0.540. The lowest BCUT2D eigenvalue weighted by Crippen LogP contribution is -2.33. The van der Waals surface area contributed by atoms with E-state index < -0.39 is 0 Å². The maximum atomic E-state index is 12.4. The van der Waals surface area contributed by atoms with E-state index in [1.165, 1.54) is 0 Å². The predicted molar refractivity (Wildman–Crippen MR) is 73.5 cm³/mol. The zero-order chi connectivity index (χ0) is 12.4. The minimum absolute atomic E-state index is 0.0950. The fraction of sp³-hybridized carbons (Fsp3) is 0.462. The summed E-state index contributed by atoms with van der Waals surface area (Å²) >= 11 is 9.34. The highest BCUT2D eigenvalue weighted by atomic mass is 79.9. The molecular formula is C13H15BrClNO. The Labute approximate surface area is 115 Å². The largest absolute Gasteiger partial charge is 0.336 e. The van der Waals surface area contributed by atoms with E-state index >= 15 is 0 Å². The third-order valence-corrected chi connectivity index (χ3v) is 3.50.